The Bertz CT molecular complexity index is 454. The van der Waals surface area contributed by atoms with Gasteiger partial charge in [-0.05, 0) is 20.3 Å². The van der Waals surface area contributed by atoms with E-state index in [1.807, 2.05) is 0 Å². The maximum Gasteiger partial charge on any atom is 0.308 e. The summed E-state index contributed by atoms with van der Waals surface area (Å²) in [7, 11) is 0. The van der Waals surface area contributed by atoms with E-state index in [9.17, 15) is 9.59 Å². The first kappa shape index (κ1) is 11.6. The van der Waals surface area contributed by atoms with Crippen molar-refractivity contribution in [2.24, 2.45) is 5.92 Å². The average Bonchev–Trinajstić information content (AvgIpc) is 2.64. The topological polar surface area (TPSA) is 83.6 Å². The Labute approximate surface area is 98.2 Å². The number of hydrogen-bond donors (Lipinski definition) is 1. The van der Waals surface area contributed by atoms with Crippen LogP contribution in [0.5, 0.6) is 0 Å². The molecule has 1 saturated heterocycles. The Kier molecular flexibility index (Phi) is 2.87. The fraction of sp³-hybridized carbons (Fsp3) is 0.545. The molecule has 1 fully saturated rings. The fourth-order valence-electron chi connectivity index (χ4n) is 2.11. The second kappa shape index (κ2) is 4.20. The second-order valence-corrected chi connectivity index (χ2v) is 4.24. The lowest BCUT2D eigenvalue weighted by Crippen LogP contribution is -2.49. The molecule has 1 aliphatic heterocycles. The molecule has 0 spiro atoms. The minimum Gasteiger partial charge on any atom is -0.481 e. The number of aromatic nitrogens is 1. The molecule has 0 unspecified atom stereocenters. The number of anilines is 1. The highest BCUT2D eigenvalue weighted by Crippen LogP contribution is 2.29. The summed E-state index contributed by atoms with van der Waals surface area (Å²) < 4.78 is 5.29. The van der Waals surface area contributed by atoms with E-state index in [0.29, 0.717) is 12.2 Å². The molecule has 1 aromatic rings. The zero-order valence-corrected chi connectivity index (χ0v) is 9.71. The minimum absolute atomic E-state index is 0.142. The van der Waals surface area contributed by atoms with Crippen molar-refractivity contribution in [3.05, 3.63) is 12.0 Å². The smallest absolute Gasteiger partial charge is 0.308 e. The van der Waals surface area contributed by atoms with Gasteiger partial charge >= 0.3 is 12.0 Å². The summed E-state index contributed by atoms with van der Waals surface area (Å²) in [6.45, 7) is 3.43. The molecule has 1 aromatic heterocycles. The van der Waals surface area contributed by atoms with Crippen molar-refractivity contribution in [1.82, 2.24) is 4.98 Å². The van der Waals surface area contributed by atoms with Gasteiger partial charge in [-0.1, -0.05) is 0 Å². The Morgan fingerprint density at radius 3 is 2.88 bits per heavy atom. The van der Waals surface area contributed by atoms with Crippen molar-refractivity contribution >= 4 is 17.9 Å². The van der Waals surface area contributed by atoms with E-state index in [4.69, 9.17) is 9.52 Å². The molecule has 2 heterocycles. The maximum atomic E-state index is 11.8. The fourth-order valence-corrected chi connectivity index (χ4v) is 2.11. The summed E-state index contributed by atoms with van der Waals surface area (Å²) in [6, 6.07) is -0.252. The van der Waals surface area contributed by atoms with Crippen molar-refractivity contribution < 1.29 is 19.1 Å². The number of rotatable bonds is 2. The normalized spacial score (nSPS) is 25.1. The highest BCUT2D eigenvalue weighted by molar-refractivity contribution is 5.94. The number of piperidine rings is 1. The molecule has 1 aliphatic rings. The summed E-state index contributed by atoms with van der Waals surface area (Å²) in [5.74, 6) is -1.01. The summed E-state index contributed by atoms with van der Waals surface area (Å²) in [5.41, 5.74) is 0. The maximum absolute atomic E-state index is 11.8. The van der Waals surface area contributed by atoms with Crippen molar-refractivity contribution in [2.45, 2.75) is 32.7 Å². The number of carbonyl (C=O) groups excluding carboxylic acids is 1. The first-order valence-electron chi connectivity index (χ1n) is 5.48. The zero-order valence-electron chi connectivity index (χ0n) is 9.71. The molecule has 6 heteroatoms. The van der Waals surface area contributed by atoms with Crippen LogP contribution in [0.1, 0.15) is 25.5 Å². The number of nitrogens with zero attached hydrogens (tertiary/aromatic N) is 2. The molecule has 0 aromatic carbocycles. The molecular formula is C11H14N2O4. The number of amides is 1. The Morgan fingerprint density at radius 2 is 2.35 bits per heavy atom. The van der Waals surface area contributed by atoms with Crippen LogP contribution in [0, 0.1) is 12.8 Å². The number of aliphatic carboxylic acids is 1. The van der Waals surface area contributed by atoms with Crippen LogP contribution < -0.4 is 4.90 Å². The standard InChI is InChI=1S/C11H14N2O4/c1-6-5-12-11(17-6)13-7(2)8(10(15)16)3-4-9(13)14/h5,7-8H,3-4H2,1-2H3,(H,15,16)/t7-,8+/m1/s1. The van der Waals surface area contributed by atoms with Crippen LogP contribution >= 0.6 is 0 Å². The highest BCUT2D eigenvalue weighted by atomic mass is 16.4. The predicted octanol–water partition coefficient (Wildman–Crippen LogP) is 1.20. The Morgan fingerprint density at radius 1 is 1.65 bits per heavy atom. The van der Waals surface area contributed by atoms with E-state index < -0.39 is 17.9 Å². The summed E-state index contributed by atoms with van der Waals surface area (Å²) in [5, 5.41) is 9.08. The Balaban J connectivity index is 2.30. The van der Waals surface area contributed by atoms with Gasteiger partial charge in [0.05, 0.1) is 18.2 Å². The summed E-state index contributed by atoms with van der Waals surface area (Å²) >= 11 is 0. The van der Waals surface area contributed by atoms with Crippen molar-refractivity contribution in [3.8, 4) is 0 Å². The lowest BCUT2D eigenvalue weighted by Gasteiger charge is -2.34. The van der Waals surface area contributed by atoms with Crippen LogP contribution in [0.3, 0.4) is 0 Å². The third-order valence-electron chi connectivity index (χ3n) is 3.06. The molecule has 1 amide bonds. The molecule has 0 saturated carbocycles. The van der Waals surface area contributed by atoms with E-state index in [1.165, 1.54) is 11.1 Å². The third-order valence-corrected chi connectivity index (χ3v) is 3.06. The van der Waals surface area contributed by atoms with E-state index in [1.54, 1.807) is 13.8 Å². The monoisotopic (exact) mass is 238 g/mol. The SMILES string of the molecule is Cc1cnc(N2C(=O)CC[C@H](C(=O)O)[C@H]2C)o1. The minimum atomic E-state index is -0.890. The van der Waals surface area contributed by atoms with Gasteiger partial charge in [-0.25, -0.2) is 4.98 Å². The van der Waals surface area contributed by atoms with Gasteiger partial charge in [-0.3, -0.25) is 14.5 Å². The molecule has 2 rings (SSSR count). The van der Waals surface area contributed by atoms with Gasteiger partial charge < -0.3 is 9.52 Å². The quantitative estimate of drug-likeness (QED) is 0.836. The number of oxazole rings is 1. The van der Waals surface area contributed by atoms with E-state index >= 15 is 0 Å². The number of hydrogen-bond acceptors (Lipinski definition) is 4. The second-order valence-electron chi connectivity index (χ2n) is 4.24. The molecule has 0 radical (unpaired) electrons. The molecule has 2 atom stereocenters. The number of aryl methyl sites for hydroxylation is 1. The van der Waals surface area contributed by atoms with Gasteiger partial charge in [0.15, 0.2) is 0 Å². The van der Waals surface area contributed by atoms with Crippen LogP contribution in [-0.2, 0) is 9.59 Å². The lowest BCUT2D eigenvalue weighted by atomic mass is 9.90. The van der Waals surface area contributed by atoms with Gasteiger partial charge in [-0.15, -0.1) is 0 Å². The molecule has 6 nitrogen and oxygen atoms in total. The van der Waals surface area contributed by atoms with E-state index in [0.717, 1.165) is 0 Å². The van der Waals surface area contributed by atoms with E-state index in [-0.39, 0.29) is 18.3 Å². The van der Waals surface area contributed by atoms with Gasteiger partial charge in [0.1, 0.15) is 5.76 Å². The summed E-state index contributed by atoms with van der Waals surface area (Å²) in [4.78, 5) is 28.2. The van der Waals surface area contributed by atoms with Crippen molar-refractivity contribution in [3.63, 3.8) is 0 Å². The molecule has 0 aliphatic carbocycles. The molecule has 17 heavy (non-hydrogen) atoms. The molecule has 0 bridgehead atoms. The molecule has 92 valence electrons. The van der Waals surface area contributed by atoms with Crippen LogP contribution in [0.4, 0.5) is 6.01 Å². The molecule has 1 N–H and O–H groups in total. The van der Waals surface area contributed by atoms with Crippen molar-refractivity contribution in [1.29, 1.82) is 0 Å². The number of carboxylic acid groups (broad SMARTS) is 1. The average molecular weight is 238 g/mol. The first-order valence-corrected chi connectivity index (χ1v) is 5.48. The summed E-state index contributed by atoms with van der Waals surface area (Å²) in [6.07, 6.45) is 2.09. The first-order chi connectivity index (χ1) is 8.00. The number of carboxylic acids is 1. The Hall–Kier alpha value is -1.85. The number of carbonyl (C=O) groups is 2. The van der Waals surface area contributed by atoms with Crippen LogP contribution in [0.15, 0.2) is 10.6 Å². The lowest BCUT2D eigenvalue weighted by molar-refractivity contribution is -0.143. The van der Waals surface area contributed by atoms with Gasteiger partial charge in [-0.2, -0.15) is 0 Å². The van der Waals surface area contributed by atoms with Gasteiger partial charge in [0, 0.05) is 6.42 Å². The van der Waals surface area contributed by atoms with Crippen LogP contribution in [-0.4, -0.2) is 28.0 Å². The van der Waals surface area contributed by atoms with Crippen LogP contribution in [0.25, 0.3) is 0 Å². The van der Waals surface area contributed by atoms with Gasteiger partial charge in [0.2, 0.25) is 5.91 Å². The van der Waals surface area contributed by atoms with Crippen molar-refractivity contribution in [2.75, 3.05) is 4.90 Å². The largest absolute Gasteiger partial charge is 0.481 e. The van der Waals surface area contributed by atoms with Crippen LogP contribution in [0.2, 0.25) is 0 Å². The van der Waals surface area contributed by atoms with Gasteiger partial charge in [0.25, 0.3) is 0 Å². The predicted molar refractivity (Wildman–Crippen MR) is 58.5 cm³/mol. The van der Waals surface area contributed by atoms with E-state index in [2.05, 4.69) is 4.98 Å². The highest BCUT2D eigenvalue weighted by Gasteiger charge is 2.39. The molecular weight excluding hydrogens is 224 g/mol. The third kappa shape index (κ3) is 2.02. The zero-order chi connectivity index (χ0) is 12.6.